The second-order valence-electron chi connectivity index (χ2n) is 19.6. The average Bonchev–Trinajstić information content (AvgIpc) is 3.48. The van der Waals surface area contributed by atoms with E-state index in [9.17, 15) is 70.6 Å². The van der Waals surface area contributed by atoms with Gasteiger partial charge in [-0.15, -0.1) is 0 Å². The number of carbonyl (C=O) groups is 3. The molecule has 0 saturated carbocycles. The quantitative estimate of drug-likeness (QED) is 0.0390. The van der Waals surface area contributed by atoms with Gasteiger partial charge in [-0.05, 0) is 22.3 Å². The summed E-state index contributed by atoms with van der Waals surface area (Å²) >= 11 is 0. The molecule has 11 N–H and O–H groups in total. The second kappa shape index (κ2) is 29.0. The molecule has 0 spiro atoms. The first-order valence-corrected chi connectivity index (χ1v) is 26.0. The molecule has 0 aliphatic carbocycles. The first-order chi connectivity index (χ1) is 39.0. The number of carboxylic acid groups (broad SMARTS) is 2. The number of benzene rings is 4. The number of aliphatic hydroxyl groups excluding tert-OH is 9. The number of hydrogen-bond acceptors (Lipinski definition) is 23. The summed E-state index contributed by atoms with van der Waals surface area (Å²) in [4.78, 5) is 39.4. The monoisotopic (exact) mass is 1140 g/mol. The Bertz CT molecular complexity index is 2560. The number of carbonyl (C=O) groups excluding carboxylic acids is 1. The number of amides is 1. The van der Waals surface area contributed by atoms with Gasteiger partial charge in [-0.1, -0.05) is 121 Å². The minimum atomic E-state index is -2.28. The van der Waals surface area contributed by atoms with E-state index >= 15 is 0 Å². The first-order valence-electron chi connectivity index (χ1n) is 26.0. The standard InChI is InChI=1S/C55H67NO25/c57-35-36(58)47(49(66)67)80-53(39(35)61)77-45-34(28-72-25-31-17-9-3-10-18-31)76-52(41(63)38(45)60)79-46-42(64)48(50(68)69)81-54(43(46)65)78-44-33(27-71-24-30-15-7-2-8-16-30)75-51(40(62)37(44)59)73-22-21-56(23-29-13-5-1-6-14-29)55(70)74-26-32-19-11-4-12-20-32/h1-20,33-48,51-54,57-65H,21-28H2,(H,66,67)(H,68,69). The summed E-state index contributed by atoms with van der Waals surface area (Å²) < 4.78 is 64.1. The van der Waals surface area contributed by atoms with E-state index in [0.29, 0.717) is 5.56 Å². The Labute approximate surface area is 463 Å². The lowest BCUT2D eigenvalue weighted by atomic mass is 9.95. The van der Waals surface area contributed by atoms with Gasteiger partial charge in [0, 0.05) is 13.1 Å². The van der Waals surface area contributed by atoms with Crippen molar-refractivity contribution < 1.29 is 123 Å². The van der Waals surface area contributed by atoms with Gasteiger partial charge >= 0.3 is 18.0 Å². The van der Waals surface area contributed by atoms with E-state index in [-0.39, 0.29) is 46.1 Å². The summed E-state index contributed by atoms with van der Waals surface area (Å²) in [7, 11) is 0. The average molecular weight is 1140 g/mol. The largest absolute Gasteiger partial charge is 0.479 e. The number of aliphatic carboxylic acids is 2. The van der Waals surface area contributed by atoms with E-state index in [4.69, 9.17) is 52.1 Å². The number of carboxylic acids is 2. The molecular formula is C55H67NO25. The van der Waals surface area contributed by atoms with Gasteiger partial charge in [0.15, 0.2) is 37.4 Å². The molecule has 0 bridgehead atoms. The van der Waals surface area contributed by atoms with Crippen LogP contribution in [0.4, 0.5) is 4.79 Å². The van der Waals surface area contributed by atoms with Gasteiger partial charge in [0.05, 0.1) is 33.0 Å². The molecule has 1 amide bonds. The predicted molar refractivity (Wildman–Crippen MR) is 270 cm³/mol. The highest BCUT2D eigenvalue weighted by atomic mass is 16.8. The maximum atomic E-state index is 13.5. The Morgan fingerprint density at radius 2 is 0.815 bits per heavy atom. The van der Waals surface area contributed by atoms with E-state index in [1.165, 1.54) is 4.90 Å². The van der Waals surface area contributed by atoms with Crippen molar-refractivity contribution in [1.29, 1.82) is 0 Å². The zero-order chi connectivity index (χ0) is 57.7. The minimum absolute atomic E-state index is 0.00479. The van der Waals surface area contributed by atoms with Crippen molar-refractivity contribution in [3.8, 4) is 0 Å². The Morgan fingerprint density at radius 3 is 1.31 bits per heavy atom. The van der Waals surface area contributed by atoms with Gasteiger partial charge in [-0.25, -0.2) is 14.4 Å². The smallest absolute Gasteiger partial charge is 0.410 e. The zero-order valence-electron chi connectivity index (χ0n) is 43.3. The summed E-state index contributed by atoms with van der Waals surface area (Å²) in [6.45, 7) is -1.23. The van der Waals surface area contributed by atoms with E-state index in [0.717, 1.165) is 16.7 Å². The van der Waals surface area contributed by atoms with Crippen molar-refractivity contribution in [2.24, 2.45) is 0 Å². The molecule has 4 aliphatic rings. The van der Waals surface area contributed by atoms with E-state index in [1.807, 2.05) is 24.3 Å². The molecule has 26 nitrogen and oxygen atoms in total. The molecule has 4 aromatic carbocycles. The van der Waals surface area contributed by atoms with Crippen molar-refractivity contribution in [2.75, 3.05) is 26.4 Å². The van der Waals surface area contributed by atoms with Crippen LogP contribution in [-0.2, 0) is 88.1 Å². The summed E-state index contributed by atoms with van der Waals surface area (Å²) in [5.41, 5.74) is 2.92. The number of rotatable bonds is 24. The van der Waals surface area contributed by atoms with Crippen molar-refractivity contribution >= 4 is 18.0 Å². The summed E-state index contributed by atoms with van der Waals surface area (Å²) in [5.74, 6) is -3.54. The molecule has 26 heteroatoms. The topological polar surface area (TPSA) is 379 Å². The van der Waals surface area contributed by atoms with Crippen LogP contribution in [-0.4, -0.2) is 228 Å². The van der Waals surface area contributed by atoms with Crippen LogP contribution in [0.5, 0.6) is 0 Å². The molecule has 4 aliphatic heterocycles. The van der Waals surface area contributed by atoms with Gasteiger partial charge in [0.25, 0.3) is 0 Å². The number of hydrogen-bond donors (Lipinski definition) is 11. The third-order valence-electron chi connectivity index (χ3n) is 13.9. The lowest BCUT2D eigenvalue weighted by molar-refractivity contribution is -0.386. The lowest BCUT2D eigenvalue weighted by Crippen LogP contribution is -2.68. The SMILES string of the molecule is O=C(O)C1OC(OC2C(COCc3ccccc3)OC(OC3C(O)C(OC4C(COCc5ccccc5)OC(OCCN(Cc5ccccc5)C(=O)OCc5ccccc5)C(O)C4O)OC(C(=O)O)C3O)C(O)C2O)C(O)C(O)C1O. The fourth-order valence-electron chi connectivity index (χ4n) is 9.47. The predicted octanol–water partition coefficient (Wildman–Crippen LogP) is -1.25. The van der Waals surface area contributed by atoms with Crippen LogP contribution < -0.4 is 0 Å². The minimum Gasteiger partial charge on any atom is -0.479 e. The van der Waals surface area contributed by atoms with E-state index in [1.54, 1.807) is 97.1 Å². The summed E-state index contributed by atoms with van der Waals surface area (Å²) in [6.07, 6.45) is -40.7. The van der Waals surface area contributed by atoms with Crippen LogP contribution in [0.25, 0.3) is 0 Å². The fraction of sp³-hybridized carbons (Fsp3) is 0.509. The van der Waals surface area contributed by atoms with E-state index in [2.05, 4.69) is 0 Å². The van der Waals surface area contributed by atoms with Crippen molar-refractivity contribution in [2.45, 2.75) is 149 Å². The Morgan fingerprint density at radius 1 is 0.420 bits per heavy atom. The second-order valence-corrected chi connectivity index (χ2v) is 19.6. The Hall–Kier alpha value is -5.67. The zero-order valence-corrected chi connectivity index (χ0v) is 43.3. The summed E-state index contributed by atoms with van der Waals surface area (Å²) in [5, 5.41) is 121. The molecule has 8 rings (SSSR count). The highest BCUT2D eigenvalue weighted by Gasteiger charge is 2.57. The van der Waals surface area contributed by atoms with Gasteiger partial charge in [-0.2, -0.15) is 0 Å². The molecule has 4 aromatic rings. The van der Waals surface area contributed by atoms with Crippen LogP contribution in [0, 0.1) is 0 Å². The van der Waals surface area contributed by atoms with Crippen LogP contribution in [0.15, 0.2) is 121 Å². The fourth-order valence-corrected chi connectivity index (χ4v) is 9.47. The number of aliphatic hydroxyl groups is 9. The van der Waals surface area contributed by atoms with Gasteiger partial charge in [0.1, 0.15) is 92.1 Å². The molecular weight excluding hydrogens is 1070 g/mol. The maximum absolute atomic E-state index is 13.5. The van der Waals surface area contributed by atoms with Crippen LogP contribution in [0.1, 0.15) is 22.3 Å². The first kappa shape index (κ1) is 61.4. The highest BCUT2D eigenvalue weighted by Crippen LogP contribution is 2.35. The Kier molecular flexibility index (Phi) is 22.0. The normalized spacial score (nSPS) is 34.2. The third kappa shape index (κ3) is 15.7. The molecule has 20 unspecified atom stereocenters. The molecule has 442 valence electrons. The molecule has 4 saturated heterocycles. The van der Waals surface area contributed by atoms with Crippen molar-refractivity contribution in [1.82, 2.24) is 4.90 Å². The van der Waals surface area contributed by atoms with Crippen LogP contribution in [0.2, 0.25) is 0 Å². The third-order valence-corrected chi connectivity index (χ3v) is 13.9. The Balaban J connectivity index is 0.983. The molecule has 20 atom stereocenters. The van der Waals surface area contributed by atoms with Gasteiger partial charge in [-0.3, -0.25) is 0 Å². The van der Waals surface area contributed by atoms with Gasteiger partial charge in [0.2, 0.25) is 0 Å². The summed E-state index contributed by atoms with van der Waals surface area (Å²) in [6, 6.07) is 35.6. The van der Waals surface area contributed by atoms with Crippen molar-refractivity contribution in [3.05, 3.63) is 144 Å². The van der Waals surface area contributed by atoms with Crippen molar-refractivity contribution in [3.63, 3.8) is 0 Å². The van der Waals surface area contributed by atoms with Crippen LogP contribution in [0.3, 0.4) is 0 Å². The van der Waals surface area contributed by atoms with Crippen LogP contribution >= 0.6 is 0 Å². The van der Waals surface area contributed by atoms with Gasteiger partial charge < -0.3 is 113 Å². The molecule has 4 fully saturated rings. The highest BCUT2D eigenvalue weighted by molar-refractivity contribution is 5.74. The molecule has 4 heterocycles. The van der Waals surface area contributed by atoms with E-state index < -0.39 is 147 Å². The number of ether oxygens (including phenoxy) is 11. The maximum Gasteiger partial charge on any atom is 0.410 e. The lowest BCUT2D eigenvalue weighted by Gasteiger charge is -2.49. The molecule has 0 aromatic heterocycles. The number of nitrogens with zero attached hydrogens (tertiary/aromatic N) is 1. The molecule has 81 heavy (non-hydrogen) atoms. The molecule has 0 radical (unpaired) electrons.